The minimum atomic E-state index is -0.500. The summed E-state index contributed by atoms with van der Waals surface area (Å²) < 4.78 is 0. The van der Waals surface area contributed by atoms with E-state index in [-0.39, 0.29) is 0 Å². The fourth-order valence-electron chi connectivity index (χ4n) is 1.00. The van der Waals surface area contributed by atoms with E-state index in [1.807, 2.05) is 44.2 Å². The number of rotatable bonds is 2. The molecule has 1 aromatic carbocycles. The number of nitrogens with zero attached hydrogens (tertiary/aromatic N) is 2. The maximum atomic E-state index is 8.28. The summed E-state index contributed by atoms with van der Waals surface area (Å²) in [4.78, 5) is 4.13. The first kappa shape index (κ1) is 11.8. The van der Waals surface area contributed by atoms with Crippen molar-refractivity contribution in [2.24, 2.45) is 4.99 Å². The van der Waals surface area contributed by atoms with Gasteiger partial charge in [0.05, 0.1) is 6.34 Å². The Bertz CT molecular complexity index is 455. The van der Waals surface area contributed by atoms with Crippen molar-refractivity contribution < 1.29 is 0 Å². The normalized spacial score (nSPS) is 10.3. The van der Waals surface area contributed by atoms with E-state index in [9.17, 15) is 0 Å². The highest BCUT2D eigenvalue weighted by molar-refractivity contribution is 5.58. The van der Waals surface area contributed by atoms with Gasteiger partial charge in [-0.1, -0.05) is 30.0 Å². The highest BCUT2D eigenvalue weighted by Crippen LogP contribution is 2.06. The third-order valence-electron chi connectivity index (χ3n) is 1.80. The zero-order chi connectivity index (χ0) is 11.9. The van der Waals surface area contributed by atoms with Crippen molar-refractivity contribution in [3.63, 3.8) is 0 Å². The molecule has 0 aliphatic carbocycles. The maximum absolute atomic E-state index is 8.28. The molecule has 0 aliphatic heterocycles. The van der Waals surface area contributed by atoms with Crippen LogP contribution in [0.3, 0.4) is 0 Å². The first-order valence-electron chi connectivity index (χ1n) is 4.90. The molecule has 0 amide bonds. The quantitative estimate of drug-likeness (QED) is 0.267. The van der Waals surface area contributed by atoms with E-state index in [1.54, 1.807) is 6.19 Å². The molecule has 0 atom stereocenters. The first-order chi connectivity index (χ1) is 7.64. The zero-order valence-corrected chi connectivity index (χ0v) is 9.36. The SMILES string of the molecule is CC(C)(C#Cc1ccccc1)N=CNC#N. The molecule has 0 saturated heterocycles. The molecule has 0 fully saturated rings. The number of hydrogen-bond donors (Lipinski definition) is 1. The van der Waals surface area contributed by atoms with E-state index in [0.717, 1.165) is 5.56 Å². The van der Waals surface area contributed by atoms with Crippen LogP contribution in [0.4, 0.5) is 0 Å². The molecule has 0 spiro atoms. The molecule has 0 bridgehead atoms. The Morgan fingerprint density at radius 3 is 2.62 bits per heavy atom. The van der Waals surface area contributed by atoms with Gasteiger partial charge in [0, 0.05) is 5.56 Å². The molecule has 80 valence electrons. The zero-order valence-electron chi connectivity index (χ0n) is 9.36. The molecule has 0 unspecified atom stereocenters. The van der Waals surface area contributed by atoms with Gasteiger partial charge in [-0.05, 0) is 26.0 Å². The summed E-state index contributed by atoms with van der Waals surface area (Å²) in [5.41, 5.74) is 0.457. The van der Waals surface area contributed by atoms with Gasteiger partial charge < -0.3 is 0 Å². The fourth-order valence-corrected chi connectivity index (χ4v) is 1.00. The van der Waals surface area contributed by atoms with Crippen LogP contribution in [0.15, 0.2) is 35.3 Å². The third kappa shape index (κ3) is 4.30. The molecule has 0 aromatic heterocycles. The number of nitriles is 1. The van der Waals surface area contributed by atoms with Gasteiger partial charge >= 0.3 is 0 Å². The van der Waals surface area contributed by atoms with Gasteiger partial charge in [0.1, 0.15) is 5.54 Å². The first-order valence-corrected chi connectivity index (χ1v) is 4.90. The lowest BCUT2D eigenvalue weighted by Crippen LogP contribution is -2.16. The Hall–Kier alpha value is -2.26. The Morgan fingerprint density at radius 2 is 2.00 bits per heavy atom. The minimum Gasteiger partial charge on any atom is -0.283 e. The fraction of sp³-hybridized carbons (Fsp3) is 0.231. The lowest BCUT2D eigenvalue weighted by atomic mass is 10.1. The molecule has 0 saturated carbocycles. The summed E-state index contributed by atoms with van der Waals surface area (Å²) in [6.07, 6.45) is 3.13. The highest BCUT2D eigenvalue weighted by Gasteiger charge is 2.09. The molecule has 16 heavy (non-hydrogen) atoms. The Balaban J connectivity index is 2.74. The second-order valence-electron chi connectivity index (χ2n) is 3.69. The van der Waals surface area contributed by atoms with Gasteiger partial charge in [0.15, 0.2) is 6.19 Å². The van der Waals surface area contributed by atoms with Crippen molar-refractivity contribution in [3.05, 3.63) is 35.9 Å². The van der Waals surface area contributed by atoms with Crippen molar-refractivity contribution >= 4 is 6.34 Å². The van der Waals surface area contributed by atoms with E-state index >= 15 is 0 Å². The van der Waals surface area contributed by atoms with Crippen LogP contribution in [0.2, 0.25) is 0 Å². The molecule has 0 radical (unpaired) electrons. The van der Waals surface area contributed by atoms with Gasteiger partial charge in [-0.15, -0.1) is 0 Å². The Morgan fingerprint density at radius 1 is 1.31 bits per heavy atom. The summed E-state index contributed by atoms with van der Waals surface area (Å²) >= 11 is 0. The number of nitrogens with one attached hydrogen (secondary N) is 1. The van der Waals surface area contributed by atoms with Gasteiger partial charge in [0.25, 0.3) is 0 Å². The molecule has 3 nitrogen and oxygen atoms in total. The molecule has 1 N–H and O–H groups in total. The van der Waals surface area contributed by atoms with Crippen molar-refractivity contribution in [2.75, 3.05) is 0 Å². The van der Waals surface area contributed by atoms with Crippen molar-refractivity contribution in [1.29, 1.82) is 5.26 Å². The van der Waals surface area contributed by atoms with Crippen LogP contribution in [-0.4, -0.2) is 11.9 Å². The average molecular weight is 211 g/mol. The largest absolute Gasteiger partial charge is 0.283 e. The minimum absolute atomic E-state index is 0.500. The summed E-state index contributed by atoms with van der Waals surface area (Å²) in [5, 5.41) is 10.6. The monoisotopic (exact) mass is 211 g/mol. The van der Waals surface area contributed by atoms with Gasteiger partial charge in [0.2, 0.25) is 0 Å². The van der Waals surface area contributed by atoms with Crippen LogP contribution in [0.1, 0.15) is 19.4 Å². The Labute approximate surface area is 95.8 Å². The van der Waals surface area contributed by atoms with E-state index in [4.69, 9.17) is 5.26 Å². The number of aliphatic imine (C=N–C) groups is 1. The number of benzene rings is 1. The predicted molar refractivity (Wildman–Crippen MR) is 64.6 cm³/mol. The van der Waals surface area contributed by atoms with Crippen LogP contribution >= 0.6 is 0 Å². The van der Waals surface area contributed by atoms with Crippen LogP contribution in [0.25, 0.3) is 0 Å². The standard InChI is InChI=1S/C13H13N3/c1-13(2,16-11-15-10-14)9-8-12-6-4-3-5-7-12/h3-7,11H,1-2H3,(H,15,16). The van der Waals surface area contributed by atoms with Crippen LogP contribution in [-0.2, 0) is 0 Å². The van der Waals surface area contributed by atoms with Crippen LogP contribution in [0, 0.1) is 23.3 Å². The molecular weight excluding hydrogens is 198 g/mol. The van der Waals surface area contributed by atoms with Crippen molar-refractivity contribution in [2.45, 2.75) is 19.4 Å². The van der Waals surface area contributed by atoms with E-state index in [0.29, 0.717) is 0 Å². The van der Waals surface area contributed by atoms with E-state index in [2.05, 4.69) is 22.2 Å². The summed E-state index contributed by atoms with van der Waals surface area (Å²) in [6.45, 7) is 3.77. The van der Waals surface area contributed by atoms with E-state index < -0.39 is 5.54 Å². The van der Waals surface area contributed by atoms with Crippen molar-refractivity contribution in [1.82, 2.24) is 5.32 Å². The molecule has 0 heterocycles. The van der Waals surface area contributed by atoms with Crippen molar-refractivity contribution in [3.8, 4) is 18.0 Å². The van der Waals surface area contributed by atoms with Crippen LogP contribution < -0.4 is 5.32 Å². The predicted octanol–water partition coefficient (Wildman–Crippen LogP) is 1.92. The van der Waals surface area contributed by atoms with E-state index in [1.165, 1.54) is 6.34 Å². The lowest BCUT2D eigenvalue weighted by Gasteiger charge is -2.09. The topological polar surface area (TPSA) is 48.2 Å². The summed E-state index contributed by atoms with van der Waals surface area (Å²) in [6, 6.07) is 9.72. The second kappa shape index (κ2) is 5.58. The van der Waals surface area contributed by atoms with Gasteiger partial charge in [-0.2, -0.15) is 5.26 Å². The molecule has 0 aliphatic rings. The molecule has 1 rings (SSSR count). The molecule has 3 heteroatoms. The maximum Gasteiger partial charge on any atom is 0.182 e. The third-order valence-corrected chi connectivity index (χ3v) is 1.80. The van der Waals surface area contributed by atoms with Gasteiger partial charge in [-0.25, -0.2) is 0 Å². The number of hydrogen-bond acceptors (Lipinski definition) is 2. The Kier molecular flexibility index (Phi) is 4.12. The average Bonchev–Trinajstić information content (AvgIpc) is 2.28. The van der Waals surface area contributed by atoms with Gasteiger partial charge in [-0.3, -0.25) is 10.3 Å². The second-order valence-corrected chi connectivity index (χ2v) is 3.69. The highest BCUT2D eigenvalue weighted by atomic mass is 15.0. The molecule has 1 aromatic rings. The summed E-state index contributed by atoms with van der Waals surface area (Å²) in [7, 11) is 0. The summed E-state index contributed by atoms with van der Waals surface area (Å²) in [5.74, 6) is 6.07. The molecular formula is C13H13N3. The van der Waals surface area contributed by atoms with Crippen LogP contribution in [0.5, 0.6) is 0 Å². The lowest BCUT2D eigenvalue weighted by molar-refractivity contribution is 0.684. The smallest absolute Gasteiger partial charge is 0.182 e.